The third-order valence-corrected chi connectivity index (χ3v) is 5.16. The lowest BCUT2D eigenvalue weighted by Crippen LogP contribution is -2.56. The van der Waals surface area contributed by atoms with E-state index in [2.05, 4.69) is 38.5 Å². The molecule has 0 aromatic heterocycles. The van der Waals surface area contributed by atoms with Gasteiger partial charge in [-0.1, -0.05) is 40.9 Å². The topological polar surface area (TPSA) is 106 Å². The summed E-state index contributed by atoms with van der Waals surface area (Å²) in [5.41, 5.74) is 0.171. The van der Waals surface area contributed by atoms with Crippen molar-refractivity contribution >= 4 is 92.0 Å². The summed E-state index contributed by atoms with van der Waals surface area (Å²) in [7, 11) is 1.39. The molecule has 30 heavy (non-hydrogen) atoms. The number of hydrogen-bond donors (Lipinski definition) is 3. The van der Waals surface area contributed by atoms with Crippen molar-refractivity contribution in [3.05, 3.63) is 61.7 Å². The van der Waals surface area contributed by atoms with E-state index in [1.54, 1.807) is 18.2 Å². The molecule has 0 bridgehead atoms. The lowest BCUT2D eigenvalue weighted by atomic mass is 10.2. The third kappa shape index (κ3) is 6.98. The lowest BCUT2D eigenvalue weighted by molar-refractivity contribution is -0.384. The van der Waals surface area contributed by atoms with Gasteiger partial charge in [0.05, 0.1) is 18.1 Å². The Balaban J connectivity index is 2.16. The Morgan fingerprint density at radius 2 is 1.93 bits per heavy atom. The van der Waals surface area contributed by atoms with E-state index in [4.69, 9.17) is 51.8 Å². The first-order valence-corrected chi connectivity index (χ1v) is 10.7. The smallest absolute Gasteiger partial charge is 0.296 e. The number of carbonyl (C=O) groups excluding carboxylic acids is 1. The summed E-state index contributed by atoms with van der Waals surface area (Å²) in [6, 6.07) is 11.0. The number of carbonyl (C=O) groups is 1. The number of nitro benzene ring substituents is 1. The van der Waals surface area contributed by atoms with Crippen molar-refractivity contribution in [2.24, 2.45) is 0 Å². The lowest BCUT2D eigenvalue weighted by Gasteiger charge is -2.27. The highest BCUT2D eigenvalue weighted by Crippen LogP contribution is 2.31. The van der Waals surface area contributed by atoms with Gasteiger partial charge in [-0.3, -0.25) is 14.9 Å². The van der Waals surface area contributed by atoms with Gasteiger partial charge in [0.15, 0.2) is 5.11 Å². The normalized spacial score (nSPS) is 11.9. The number of alkyl halides is 3. The van der Waals surface area contributed by atoms with E-state index < -0.39 is 20.8 Å². The molecule has 2 aromatic carbocycles. The molecule has 0 saturated carbocycles. The molecule has 1 amide bonds. The number of thiocarbonyl (C=S) groups is 1. The molecule has 160 valence electrons. The van der Waals surface area contributed by atoms with Crippen molar-refractivity contribution < 1.29 is 14.5 Å². The number of nitro groups is 1. The monoisotopic (exact) mass is 602 g/mol. The zero-order chi connectivity index (χ0) is 22.5. The maximum atomic E-state index is 12.5. The predicted octanol–water partition coefficient (Wildman–Crippen LogP) is 4.62. The predicted molar refractivity (Wildman–Crippen MR) is 130 cm³/mol. The van der Waals surface area contributed by atoms with E-state index in [-0.39, 0.29) is 16.5 Å². The highest BCUT2D eigenvalue weighted by atomic mass is 127. The highest BCUT2D eigenvalue weighted by Gasteiger charge is 2.35. The molecule has 8 nitrogen and oxygen atoms in total. The Morgan fingerprint density at radius 3 is 2.50 bits per heavy atom. The minimum absolute atomic E-state index is 0.0882. The number of anilines is 1. The van der Waals surface area contributed by atoms with Crippen LogP contribution < -0.4 is 20.7 Å². The first-order valence-electron chi connectivity index (χ1n) is 8.04. The largest absolute Gasteiger partial charge is 0.496 e. The van der Waals surface area contributed by atoms with Gasteiger partial charge in [0.2, 0.25) is 3.79 Å². The molecule has 0 heterocycles. The standard InChI is InChI=1S/C17H14Cl3IN4O4S/c1-29-11-5-6-12(13(8-11)25(27)28)22-16(30)24-15(17(18,19)20)23-14(26)9-3-2-4-10(21)7-9/h2-8,15H,1H3,(H,23,26)(H2,22,24,30)/t15-/m0/s1. The van der Waals surface area contributed by atoms with E-state index in [9.17, 15) is 14.9 Å². The van der Waals surface area contributed by atoms with Gasteiger partial charge in [-0.2, -0.15) is 0 Å². The third-order valence-electron chi connectivity index (χ3n) is 3.61. The van der Waals surface area contributed by atoms with Gasteiger partial charge in [0.1, 0.15) is 17.6 Å². The van der Waals surface area contributed by atoms with Gasteiger partial charge in [-0.05, 0) is 65.1 Å². The Labute approximate surface area is 205 Å². The van der Waals surface area contributed by atoms with Crippen LogP contribution in [0.2, 0.25) is 0 Å². The van der Waals surface area contributed by atoms with Crippen LogP contribution in [0.5, 0.6) is 5.75 Å². The molecule has 0 aliphatic carbocycles. The van der Waals surface area contributed by atoms with Gasteiger partial charge in [-0.15, -0.1) is 0 Å². The van der Waals surface area contributed by atoms with Crippen LogP contribution in [0.15, 0.2) is 42.5 Å². The first kappa shape index (κ1) is 24.7. The Morgan fingerprint density at radius 1 is 1.23 bits per heavy atom. The van der Waals surface area contributed by atoms with Crippen LogP contribution in [-0.4, -0.2) is 33.0 Å². The fourth-order valence-corrected chi connectivity index (χ4v) is 3.33. The molecule has 1 atom stereocenters. The van der Waals surface area contributed by atoms with Gasteiger partial charge in [0.25, 0.3) is 11.6 Å². The minimum Gasteiger partial charge on any atom is -0.496 e. The molecule has 2 rings (SSSR count). The fourth-order valence-electron chi connectivity index (χ4n) is 2.23. The Hall–Kier alpha value is -1.60. The van der Waals surface area contributed by atoms with Crippen molar-refractivity contribution in [3.8, 4) is 5.75 Å². The molecular formula is C17H14Cl3IN4O4S. The Bertz CT molecular complexity index is 974. The summed E-state index contributed by atoms with van der Waals surface area (Å²) in [6.07, 6.45) is -1.23. The molecule has 13 heteroatoms. The van der Waals surface area contributed by atoms with E-state index >= 15 is 0 Å². The first-order chi connectivity index (χ1) is 14.0. The average molecular weight is 604 g/mol. The number of nitrogens with zero attached hydrogens (tertiary/aromatic N) is 1. The second-order valence-corrected chi connectivity index (χ2v) is 9.72. The summed E-state index contributed by atoms with van der Waals surface area (Å²) in [5.74, 6) is -0.203. The number of hydrogen-bond acceptors (Lipinski definition) is 5. The van der Waals surface area contributed by atoms with Crippen LogP contribution in [0.25, 0.3) is 0 Å². The summed E-state index contributed by atoms with van der Waals surface area (Å²) in [5, 5.41) is 19.1. The van der Waals surface area contributed by atoms with Crippen molar-refractivity contribution in [1.29, 1.82) is 0 Å². The maximum Gasteiger partial charge on any atom is 0.296 e. The van der Waals surface area contributed by atoms with Crippen molar-refractivity contribution in [1.82, 2.24) is 10.6 Å². The number of nitrogens with one attached hydrogen (secondary N) is 3. The summed E-state index contributed by atoms with van der Waals surface area (Å²) in [6.45, 7) is 0. The van der Waals surface area contributed by atoms with E-state index in [1.807, 2.05) is 6.07 Å². The quantitative estimate of drug-likeness (QED) is 0.111. The van der Waals surface area contributed by atoms with Crippen LogP contribution in [0.1, 0.15) is 10.4 Å². The summed E-state index contributed by atoms with van der Waals surface area (Å²) < 4.78 is 3.86. The van der Waals surface area contributed by atoms with Crippen molar-refractivity contribution in [2.45, 2.75) is 9.96 Å². The van der Waals surface area contributed by atoms with Crippen LogP contribution in [0.4, 0.5) is 11.4 Å². The molecule has 0 radical (unpaired) electrons. The second kappa shape index (κ2) is 10.6. The molecule has 0 saturated heterocycles. The molecule has 0 aliphatic heterocycles. The highest BCUT2D eigenvalue weighted by molar-refractivity contribution is 14.1. The van der Waals surface area contributed by atoms with Gasteiger partial charge in [0, 0.05) is 9.13 Å². The maximum absolute atomic E-state index is 12.5. The number of amides is 1. The second-order valence-electron chi connectivity index (χ2n) is 5.70. The van der Waals surface area contributed by atoms with E-state index in [0.29, 0.717) is 11.3 Å². The van der Waals surface area contributed by atoms with Crippen LogP contribution in [0.3, 0.4) is 0 Å². The average Bonchev–Trinajstić information content (AvgIpc) is 2.66. The molecule has 0 spiro atoms. The minimum atomic E-state index is -1.98. The van der Waals surface area contributed by atoms with Crippen LogP contribution in [0, 0.1) is 13.7 Å². The van der Waals surface area contributed by atoms with Crippen molar-refractivity contribution in [3.63, 3.8) is 0 Å². The van der Waals surface area contributed by atoms with Crippen LogP contribution >= 0.6 is 69.6 Å². The number of ether oxygens (including phenoxy) is 1. The van der Waals surface area contributed by atoms with Gasteiger partial charge < -0.3 is 20.7 Å². The number of methoxy groups -OCH3 is 1. The molecule has 0 aliphatic rings. The summed E-state index contributed by atoms with van der Waals surface area (Å²) >= 11 is 25.2. The number of halogens is 4. The van der Waals surface area contributed by atoms with Crippen molar-refractivity contribution in [2.75, 3.05) is 12.4 Å². The molecule has 0 fully saturated rings. The van der Waals surface area contributed by atoms with Gasteiger partial charge in [-0.25, -0.2) is 0 Å². The number of benzene rings is 2. The molecular weight excluding hydrogens is 590 g/mol. The SMILES string of the molecule is COc1ccc(NC(=S)N[C@H](NC(=O)c2cccc(I)c2)C(Cl)(Cl)Cl)c([N+](=O)[O-])c1. The zero-order valence-corrected chi connectivity index (χ0v) is 20.4. The van der Waals surface area contributed by atoms with Crippen LogP contribution in [-0.2, 0) is 0 Å². The summed E-state index contributed by atoms with van der Waals surface area (Å²) in [4.78, 5) is 23.2. The van der Waals surface area contributed by atoms with E-state index in [0.717, 1.165) is 3.57 Å². The fraction of sp³-hybridized carbons (Fsp3) is 0.176. The molecule has 3 N–H and O–H groups in total. The Kier molecular flexibility index (Phi) is 8.73. The van der Waals surface area contributed by atoms with Gasteiger partial charge >= 0.3 is 0 Å². The zero-order valence-electron chi connectivity index (χ0n) is 15.1. The molecule has 2 aromatic rings. The van der Waals surface area contributed by atoms with E-state index in [1.165, 1.54) is 25.3 Å². The molecule has 0 unspecified atom stereocenters. The number of rotatable bonds is 6.